The molecule has 1 atom stereocenters. The second kappa shape index (κ2) is 15.7. The third-order valence-corrected chi connectivity index (χ3v) is 9.36. The Bertz CT molecular complexity index is 1470. The van der Waals surface area contributed by atoms with Crippen LogP contribution >= 0.6 is 0 Å². The second-order valence-electron chi connectivity index (χ2n) is 11.5. The van der Waals surface area contributed by atoms with E-state index in [1.54, 1.807) is 29.2 Å². The minimum atomic E-state index is -3.60. The van der Waals surface area contributed by atoms with Gasteiger partial charge in [0.25, 0.3) is 0 Å². The minimum absolute atomic E-state index is 0.0942. The molecule has 0 spiro atoms. The van der Waals surface area contributed by atoms with Gasteiger partial charge in [-0.2, -0.15) is 0 Å². The Morgan fingerprint density at radius 1 is 0.955 bits per heavy atom. The number of carbonyl (C=O) groups excluding carboxylic acids is 2. The first kappa shape index (κ1) is 33.1. The van der Waals surface area contributed by atoms with Gasteiger partial charge in [-0.25, -0.2) is 8.42 Å². The van der Waals surface area contributed by atoms with E-state index in [9.17, 15) is 18.0 Å². The average molecular weight is 620 g/mol. The Morgan fingerprint density at radius 3 is 2.25 bits per heavy atom. The highest BCUT2D eigenvalue weighted by Crippen LogP contribution is 2.24. The van der Waals surface area contributed by atoms with Crippen molar-refractivity contribution in [2.75, 3.05) is 23.7 Å². The molecule has 1 saturated carbocycles. The molecule has 0 heterocycles. The smallest absolute Gasteiger partial charge is 0.243 e. The number of aryl methyl sites for hydroxylation is 1. The van der Waals surface area contributed by atoms with Crippen molar-refractivity contribution in [2.45, 2.75) is 77.4 Å². The predicted octanol–water partition coefficient (Wildman–Crippen LogP) is 5.64. The number of sulfonamides is 1. The number of amides is 2. The van der Waals surface area contributed by atoms with Crippen molar-refractivity contribution in [1.82, 2.24) is 10.2 Å². The van der Waals surface area contributed by atoms with Crippen LogP contribution in [0.25, 0.3) is 0 Å². The lowest BCUT2D eigenvalue weighted by atomic mass is 10.0. The van der Waals surface area contributed by atoms with Crippen LogP contribution in [-0.4, -0.2) is 56.6 Å². The summed E-state index contributed by atoms with van der Waals surface area (Å²) in [6.07, 6.45) is 6.02. The van der Waals surface area contributed by atoms with Gasteiger partial charge >= 0.3 is 0 Å². The molecule has 236 valence electrons. The molecule has 1 fully saturated rings. The Balaban J connectivity index is 1.57. The standard InChI is InChI=1S/C35H45N3O5S/c1-4-43-32-22-20-31(21-23-32)38(44(3,41)42)24-12-19-34(39)37(26-29-16-9-8-13-27(29)2)33(25-28-14-6-5-7-15-28)35(40)36-30-17-10-11-18-30/h5-9,13-16,20-23,30,33H,4,10-12,17-19,24-26H2,1-3H3,(H,36,40). The Hall–Kier alpha value is -3.85. The second-order valence-corrected chi connectivity index (χ2v) is 13.4. The zero-order valence-electron chi connectivity index (χ0n) is 26.1. The van der Waals surface area contributed by atoms with Crippen molar-refractivity contribution in [2.24, 2.45) is 0 Å². The van der Waals surface area contributed by atoms with Crippen LogP contribution in [0.2, 0.25) is 0 Å². The Morgan fingerprint density at radius 2 is 1.61 bits per heavy atom. The van der Waals surface area contributed by atoms with Gasteiger partial charge in [-0.15, -0.1) is 0 Å². The van der Waals surface area contributed by atoms with Gasteiger partial charge < -0.3 is 15.0 Å². The van der Waals surface area contributed by atoms with Crippen molar-refractivity contribution in [3.05, 3.63) is 95.6 Å². The number of carbonyl (C=O) groups is 2. The molecule has 0 saturated heterocycles. The summed E-state index contributed by atoms with van der Waals surface area (Å²) >= 11 is 0. The van der Waals surface area contributed by atoms with Crippen molar-refractivity contribution in [3.63, 3.8) is 0 Å². The maximum atomic E-state index is 14.1. The third-order valence-electron chi connectivity index (χ3n) is 8.16. The molecule has 1 unspecified atom stereocenters. The largest absolute Gasteiger partial charge is 0.494 e. The van der Waals surface area contributed by atoms with Gasteiger partial charge in [0.15, 0.2) is 0 Å². The maximum absolute atomic E-state index is 14.1. The van der Waals surface area contributed by atoms with Gasteiger partial charge in [-0.05, 0) is 74.1 Å². The molecule has 3 aromatic carbocycles. The van der Waals surface area contributed by atoms with Gasteiger partial charge in [0.1, 0.15) is 11.8 Å². The zero-order valence-corrected chi connectivity index (χ0v) is 26.9. The van der Waals surface area contributed by atoms with Crippen LogP contribution in [0.5, 0.6) is 5.75 Å². The first-order chi connectivity index (χ1) is 21.2. The molecule has 1 aliphatic carbocycles. The van der Waals surface area contributed by atoms with Crippen molar-refractivity contribution in [3.8, 4) is 5.75 Å². The Labute approximate surface area is 262 Å². The lowest BCUT2D eigenvalue weighted by molar-refractivity contribution is -0.141. The summed E-state index contributed by atoms with van der Waals surface area (Å²) in [5, 5.41) is 3.23. The van der Waals surface area contributed by atoms with Crippen LogP contribution in [0, 0.1) is 6.92 Å². The normalized spacial score (nSPS) is 14.2. The highest BCUT2D eigenvalue weighted by atomic mass is 32.2. The summed E-state index contributed by atoms with van der Waals surface area (Å²) in [7, 11) is -3.60. The zero-order chi connectivity index (χ0) is 31.5. The monoisotopic (exact) mass is 619 g/mol. The van der Waals surface area contributed by atoms with E-state index in [-0.39, 0.29) is 37.4 Å². The summed E-state index contributed by atoms with van der Waals surface area (Å²) in [6.45, 7) is 4.83. The van der Waals surface area contributed by atoms with E-state index in [0.29, 0.717) is 30.9 Å². The molecular formula is C35H45N3O5S. The van der Waals surface area contributed by atoms with Gasteiger partial charge in [-0.3, -0.25) is 13.9 Å². The molecule has 1 N–H and O–H groups in total. The minimum Gasteiger partial charge on any atom is -0.494 e. The quantitative estimate of drug-likeness (QED) is 0.238. The first-order valence-corrected chi connectivity index (χ1v) is 17.4. The molecule has 4 rings (SSSR count). The van der Waals surface area contributed by atoms with E-state index >= 15 is 0 Å². The summed E-state index contributed by atoms with van der Waals surface area (Å²) in [5.74, 6) is 0.331. The topological polar surface area (TPSA) is 96.0 Å². The fourth-order valence-corrected chi connectivity index (χ4v) is 6.74. The van der Waals surface area contributed by atoms with Crippen molar-refractivity contribution < 1.29 is 22.7 Å². The Kier molecular flexibility index (Phi) is 11.8. The van der Waals surface area contributed by atoms with Crippen LogP contribution < -0.4 is 14.4 Å². The van der Waals surface area contributed by atoms with Crippen LogP contribution in [0.3, 0.4) is 0 Å². The number of ether oxygens (including phenoxy) is 1. The highest BCUT2D eigenvalue weighted by Gasteiger charge is 2.32. The van der Waals surface area contributed by atoms with Crippen LogP contribution in [0.1, 0.15) is 62.1 Å². The molecule has 0 bridgehead atoms. The van der Waals surface area contributed by atoms with Gasteiger partial charge in [0.2, 0.25) is 21.8 Å². The lowest BCUT2D eigenvalue weighted by Crippen LogP contribution is -2.52. The van der Waals surface area contributed by atoms with Crippen molar-refractivity contribution in [1.29, 1.82) is 0 Å². The van der Waals surface area contributed by atoms with E-state index in [1.165, 1.54) is 10.6 Å². The average Bonchev–Trinajstić information content (AvgIpc) is 3.51. The fraction of sp³-hybridized carbons (Fsp3) is 0.429. The summed E-state index contributed by atoms with van der Waals surface area (Å²) < 4.78 is 32.3. The van der Waals surface area contributed by atoms with E-state index in [1.807, 2.05) is 68.4 Å². The van der Waals surface area contributed by atoms with Crippen LogP contribution in [0.15, 0.2) is 78.9 Å². The number of nitrogens with one attached hydrogen (secondary N) is 1. The molecule has 0 aromatic heterocycles. The van der Waals surface area contributed by atoms with Crippen molar-refractivity contribution >= 4 is 27.5 Å². The first-order valence-electron chi connectivity index (χ1n) is 15.5. The molecule has 8 nitrogen and oxygen atoms in total. The number of anilines is 1. The van der Waals surface area contributed by atoms with E-state index in [0.717, 1.165) is 42.4 Å². The van der Waals surface area contributed by atoms with Crippen LogP contribution in [-0.2, 0) is 32.6 Å². The van der Waals surface area contributed by atoms with E-state index in [4.69, 9.17) is 4.74 Å². The summed E-state index contributed by atoms with van der Waals surface area (Å²) in [5.41, 5.74) is 3.50. The summed E-state index contributed by atoms with van der Waals surface area (Å²) in [4.78, 5) is 29.7. The van der Waals surface area contributed by atoms with Gasteiger partial charge in [0, 0.05) is 32.0 Å². The SMILES string of the molecule is CCOc1ccc(N(CCCC(=O)N(Cc2ccccc2C)C(Cc2ccccc2)C(=O)NC2CCCC2)S(C)(=O)=O)cc1. The van der Waals surface area contributed by atoms with Gasteiger partial charge in [-0.1, -0.05) is 67.4 Å². The fourth-order valence-electron chi connectivity index (χ4n) is 5.77. The number of rotatable bonds is 15. The van der Waals surface area contributed by atoms with E-state index < -0.39 is 16.1 Å². The van der Waals surface area contributed by atoms with Crippen LogP contribution in [0.4, 0.5) is 5.69 Å². The number of nitrogens with zero attached hydrogens (tertiary/aromatic N) is 2. The summed E-state index contributed by atoms with van der Waals surface area (Å²) in [6, 6.07) is 24.0. The highest BCUT2D eigenvalue weighted by molar-refractivity contribution is 7.92. The molecule has 1 aliphatic rings. The molecular weight excluding hydrogens is 574 g/mol. The molecule has 0 aliphatic heterocycles. The molecule has 3 aromatic rings. The van der Waals surface area contributed by atoms with E-state index in [2.05, 4.69) is 5.32 Å². The lowest BCUT2D eigenvalue weighted by Gasteiger charge is -2.33. The molecule has 0 radical (unpaired) electrons. The third kappa shape index (κ3) is 9.32. The number of hydrogen-bond donors (Lipinski definition) is 1. The molecule has 2 amide bonds. The molecule has 9 heteroatoms. The number of benzene rings is 3. The molecule has 44 heavy (non-hydrogen) atoms. The van der Waals surface area contributed by atoms with Gasteiger partial charge in [0.05, 0.1) is 18.6 Å². The predicted molar refractivity (Wildman–Crippen MR) is 175 cm³/mol. The number of hydrogen-bond acceptors (Lipinski definition) is 5. The maximum Gasteiger partial charge on any atom is 0.243 e.